The zero-order valence-electron chi connectivity index (χ0n) is 18.9. The number of carbonyl (C=O) groups is 2. The van der Waals surface area contributed by atoms with Crippen molar-refractivity contribution >= 4 is 23.2 Å². The highest BCUT2D eigenvalue weighted by Crippen LogP contribution is 2.40. The summed E-state index contributed by atoms with van der Waals surface area (Å²) in [4.78, 5) is 28.2. The Kier molecular flexibility index (Phi) is 7.47. The number of rotatable bonds is 9. The van der Waals surface area contributed by atoms with Gasteiger partial charge in [-0.25, -0.2) is 9.50 Å². The van der Waals surface area contributed by atoms with E-state index in [2.05, 4.69) is 15.4 Å². The third-order valence-corrected chi connectivity index (χ3v) is 5.62. The first kappa shape index (κ1) is 24.1. The molecule has 0 saturated carbocycles. The first-order valence-corrected chi connectivity index (χ1v) is 11.0. The van der Waals surface area contributed by atoms with Crippen molar-refractivity contribution in [1.82, 2.24) is 14.6 Å². The molecule has 0 radical (unpaired) electrons. The minimum absolute atomic E-state index is 0.141. The lowest BCUT2D eigenvalue weighted by Gasteiger charge is -2.27. The molecule has 2 aromatic heterocycles. The molecule has 10 nitrogen and oxygen atoms in total. The van der Waals surface area contributed by atoms with Gasteiger partial charge >= 0.3 is 5.97 Å². The smallest absolute Gasteiger partial charge is 0.306 e. The van der Waals surface area contributed by atoms with Crippen LogP contribution < -0.4 is 5.32 Å². The van der Waals surface area contributed by atoms with Crippen molar-refractivity contribution in [3.05, 3.63) is 24.2 Å². The van der Waals surface area contributed by atoms with Gasteiger partial charge in [0.2, 0.25) is 5.91 Å². The lowest BCUT2D eigenvalue weighted by atomic mass is 9.93. The van der Waals surface area contributed by atoms with Gasteiger partial charge in [0.05, 0.1) is 5.69 Å². The Morgan fingerprint density at radius 3 is 2.78 bits per heavy atom. The van der Waals surface area contributed by atoms with Gasteiger partial charge in [-0.15, -0.1) is 0 Å². The van der Waals surface area contributed by atoms with Gasteiger partial charge < -0.3 is 25.0 Å². The number of anilines is 1. The Labute approximate surface area is 186 Å². The molecule has 1 saturated heterocycles. The molecule has 2 aromatic rings. The number of hydrogen-bond donors (Lipinski definition) is 3. The molecule has 0 bridgehead atoms. The second-order valence-electron chi connectivity index (χ2n) is 8.76. The van der Waals surface area contributed by atoms with Gasteiger partial charge in [0, 0.05) is 12.8 Å². The third-order valence-electron chi connectivity index (χ3n) is 5.62. The average molecular weight is 449 g/mol. The second-order valence-corrected chi connectivity index (χ2v) is 8.76. The molecule has 1 fully saturated rings. The van der Waals surface area contributed by atoms with Gasteiger partial charge in [-0.3, -0.25) is 9.59 Å². The Morgan fingerprint density at radius 2 is 2.09 bits per heavy atom. The molecule has 1 aliphatic heterocycles. The van der Waals surface area contributed by atoms with E-state index in [1.807, 2.05) is 20.8 Å². The molecule has 4 atom stereocenters. The van der Waals surface area contributed by atoms with Gasteiger partial charge in [0.15, 0.2) is 5.82 Å². The molecule has 3 heterocycles. The number of carbonyl (C=O) groups excluding carboxylic acids is 2. The number of nitrogens with zero attached hydrogens (tertiary/aromatic N) is 3. The van der Waals surface area contributed by atoms with E-state index in [0.29, 0.717) is 23.4 Å². The van der Waals surface area contributed by atoms with Crippen LogP contribution in [0, 0.1) is 5.92 Å². The predicted octanol–water partition coefficient (Wildman–Crippen LogP) is 1.78. The maximum Gasteiger partial charge on any atom is 0.306 e. The minimum Gasteiger partial charge on any atom is -0.463 e. The van der Waals surface area contributed by atoms with Crippen molar-refractivity contribution < 1.29 is 29.3 Å². The molecule has 176 valence electrons. The number of ether oxygens (including phenoxy) is 2. The van der Waals surface area contributed by atoms with Crippen LogP contribution in [0.25, 0.3) is 5.52 Å². The van der Waals surface area contributed by atoms with Crippen LogP contribution in [-0.2, 0) is 24.7 Å². The van der Waals surface area contributed by atoms with Gasteiger partial charge in [-0.1, -0.05) is 27.2 Å². The standard InChI is InChI=1S/C22H32N4O6/c1-5-6-7-17(27)25-21-14-8-9-16(26(14)24-12-23-21)22(4)20(30)19(29)15(32-22)11-31-18(28)10-13(2)3/h8-9,12-13,15,19-20,29-30H,5-7,10-11H2,1-4H3,(H,23,24,25,27)/t15-,19-,20-,22+/m1/s1. The molecular weight excluding hydrogens is 416 g/mol. The van der Waals surface area contributed by atoms with Crippen molar-refractivity contribution in [1.29, 1.82) is 0 Å². The summed E-state index contributed by atoms with van der Waals surface area (Å²) in [5.41, 5.74) is -0.314. The third kappa shape index (κ3) is 4.92. The zero-order chi connectivity index (χ0) is 23.5. The summed E-state index contributed by atoms with van der Waals surface area (Å²) in [5.74, 6) is -0.0279. The van der Waals surface area contributed by atoms with E-state index in [1.54, 1.807) is 19.1 Å². The first-order valence-electron chi connectivity index (χ1n) is 11.0. The number of fused-ring (bicyclic) bond motifs is 1. The van der Waals surface area contributed by atoms with Crippen LogP contribution in [0.1, 0.15) is 59.1 Å². The highest BCUT2D eigenvalue weighted by molar-refractivity contribution is 5.93. The Morgan fingerprint density at radius 1 is 1.34 bits per heavy atom. The lowest BCUT2D eigenvalue weighted by Crippen LogP contribution is -2.39. The maximum atomic E-state index is 12.2. The fourth-order valence-corrected chi connectivity index (χ4v) is 3.83. The predicted molar refractivity (Wildman–Crippen MR) is 116 cm³/mol. The molecule has 3 N–H and O–H groups in total. The lowest BCUT2D eigenvalue weighted by molar-refractivity contribution is -0.152. The Bertz CT molecular complexity index is 961. The number of aliphatic hydroxyl groups excluding tert-OH is 2. The van der Waals surface area contributed by atoms with Gasteiger partial charge in [0.25, 0.3) is 0 Å². The second kappa shape index (κ2) is 9.93. The fourth-order valence-electron chi connectivity index (χ4n) is 3.83. The monoisotopic (exact) mass is 448 g/mol. The Hall–Kier alpha value is -2.56. The van der Waals surface area contributed by atoms with Crippen molar-refractivity contribution in [2.45, 2.75) is 77.3 Å². The van der Waals surface area contributed by atoms with E-state index in [4.69, 9.17) is 9.47 Å². The number of amides is 1. The molecule has 0 aromatic carbocycles. The Balaban J connectivity index is 1.80. The molecule has 1 amide bonds. The summed E-state index contributed by atoms with van der Waals surface area (Å²) in [6.45, 7) is 7.29. The summed E-state index contributed by atoms with van der Waals surface area (Å²) in [6.07, 6.45) is 0.201. The molecule has 0 aliphatic carbocycles. The normalized spacial score (nSPS) is 25.4. The number of esters is 1. The van der Waals surface area contributed by atoms with Crippen molar-refractivity contribution in [2.75, 3.05) is 11.9 Å². The van der Waals surface area contributed by atoms with Crippen LogP contribution in [0.5, 0.6) is 0 Å². The molecule has 0 spiro atoms. The van der Waals surface area contributed by atoms with E-state index in [-0.39, 0.29) is 30.8 Å². The van der Waals surface area contributed by atoms with Crippen molar-refractivity contribution in [2.24, 2.45) is 5.92 Å². The molecule has 32 heavy (non-hydrogen) atoms. The fraction of sp³-hybridized carbons (Fsp3) is 0.636. The number of unbranched alkanes of at least 4 members (excludes halogenated alkanes) is 1. The SMILES string of the molecule is CCCCC(=O)Nc1ncnn2c([C@]3(C)O[C@H](COC(=O)CC(C)C)[C@@H](O)[C@H]3O)ccc12. The summed E-state index contributed by atoms with van der Waals surface area (Å²) in [7, 11) is 0. The molecule has 3 rings (SSSR count). The van der Waals surface area contributed by atoms with Gasteiger partial charge in [0.1, 0.15) is 42.4 Å². The molecular formula is C22H32N4O6. The van der Waals surface area contributed by atoms with E-state index < -0.39 is 23.9 Å². The van der Waals surface area contributed by atoms with E-state index in [0.717, 1.165) is 12.8 Å². The van der Waals surface area contributed by atoms with Gasteiger partial charge in [-0.05, 0) is 31.4 Å². The van der Waals surface area contributed by atoms with E-state index in [1.165, 1.54) is 10.8 Å². The quantitative estimate of drug-likeness (QED) is 0.494. The van der Waals surface area contributed by atoms with Crippen LogP contribution in [0.4, 0.5) is 5.82 Å². The topological polar surface area (TPSA) is 135 Å². The number of nitrogens with one attached hydrogen (secondary N) is 1. The number of aromatic nitrogens is 3. The van der Waals surface area contributed by atoms with E-state index >= 15 is 0 Å². The van der Waals surface area contributed by atoms with Crippen molar-refractivity contribution in [3.63, 3.8) is 0 Å². The highest BCUT2D eigenvalue weighted by Gasteiger charge is 2.54. The maximum absolute atomic E-state index is 12.2. The number of aliphatic hydroxyl groups is 2. The van der Waals surface area contributed by atoms with Gasteiger partial charge in [-0.2, -0.15) is 5.10 Å². The average Bonchev–Trinajstić information content (AvgIpc) is 3.27. The molecule has 1 aliphatic rings. The summed E-state index contributed by atoms with van der Waals surface area (Å²) in [6, 6.07) is 3.42. The molecule has 0 unspecified atom stereocenters. The summed E-state index contributed by atoms with van der Waals surface area (Å²) < 4.78 is 12.8. The van der Waals surface area contributed by atoms with Crippen LogP contribution in [-0.4, -0.2) is 61.6 Å². The zero-order valence-corrected chi connectivity index (χ0v) is 18.9. The van der Waals surface area contributed by atoms with Crippen LogP contribution in [0.3, 0.4) is 0 Å². The van der Waals surface area contributed by atoms with Crippen molar-refractivity contribution in [3.8, 4) is 0 Å². The number of hydrogen-bond acceptors (Lipinski definition) is 8. The van der Waals surface area contributed by atoms with Crippen LogP contribution in [0.15, 0.2) is 18.5 Å². The highest BCUT2D eigenvalue weighted by atomic mass is 16.6. The summed E-state index contributed by atoms with van der Waals surface area (Å²) in [5, 5.41) is 28.4. The first-order chi connectivity index (χ1) is 15.2. The molecule has 10 heteroatoms. The van der Waals surface area contributed by atoms with E-state index in [9.17, 15) is 19.8 Å². The summed E-state index contributed by atoms with van der Waals surface area (Å²) >= 11 is 0. The minimum atomic E-state index is -1.32. The largest absolute Gasteiger partial charge is 0.463 e. The van der Waals surface area contributed by atoms with Crippen LogP contribution in [0.2, 0.25) is 0 Å². The van der Waals surface area contributed by atoms with Crippen LogP contribution >= 0.6 is 0 Å².